The van der Waals surface area contributed by atoms with Gasteiger partial charge < -0.3 is 4.74 Å². The summed E-state index contributed by atoms with van der Waals surface area (Å²) in [4.78, 5) is 0.214. The molecule has 0 amide bonds. The maximum absolute atomic E-state index is 11.6. The average molecular weight is 297 g/mol. The largest absolute Gasteiger partial charge is 0.490 e. The lowest BCUT2D eigenvalue weighted by Crippen LogP contribution is -2.17. The Morgan fingerprint density at radius 3 is 2.00 bits per heavy atom. The topological polar surface area (TPSA) is 69.4 Å². The van der Waals surface area contributed by atoms with E-state index >= 15 is 0 Å². The standard InChI is InChI=1S/C15H23NO3S/c1-11-9-14(10-12(2)15(11)20(16,17)18)19-13-7-5-3-4-6-8-13/h9-10,13H,3-8H2,1-2H3,(H2,16,17,18). The van der Waals surface area contributed by atoms with Crippen LogP contribution >= 0.6 is 0 Å². The third-order valence-corrected chi connectivity index (χ3v) is 5.04. The van der Waals surface area contributed by atoms with Crippen molar-refractivity contribution < 1.29 is 13.2 Å². The van der Waals surface area contributed by atoms with E-state index in [0.717, 1.165) is 18.6 Å². The van der Waals surface area contributed by atoms with Gasteiger partial charge in [0.15, 0.2) is 0 Å². The van der Waals surface area contributed by atoms with Crippen molar-refractivity contribution in [3.63, 3.8) is 0 Å². The minimum absolute atomic E-state index is 0.214. The number of hydrogen-bond acceptors (Lipinski definition) is 3. The molecule has 0 saturated heterocycles. The Bertz CT molecular complexity index is 550. The molecule has 1 aliphatic carbocycles. The number of sulfonamides is 1. The van der Waals surface area contributed by atoms with Crippen molar-refractivity contribution in [1.29, 1.82) is 0 Å². The van der Waals surface area contributed by atoms with Crippen LogP contribution in [-0.4, -0.2) is 14.5 Å². The van der Waals surface area contributed by atoms with Gasteiger partial charge in [-0.15, -0.1) is 0 Å². The molecule has 1 fully saturated rings. The van der Waals surface area contributed by atoms with Crippen LogP contribution in [0, 0.1) is 13.8 Å². The van der Waals surface area contributed by atoms with Crippen LogP contribution in [0.25, 0.3) is 0 Å². The molecule has 2 rings (SSSR count). The van der Waals surface area contributed by atoms with Gasteiger partial charge in [-0.25, -0.2) is 13.6 Å². The van der Waals surface area contributed by atoms with Gasteiger partial charge in [-0.05, 0) is 62.8 Å². The predicted molar refractivity (Wildman–Crippen MR) is 79.4 cm³/mol. The zero-order chi connectivity index (χ0) is 14.8. The minimum Gasteiger partial charge on any atom is -0.490 e. The van der Waals surface area contributed by atoms with E-state index in [1.807, 2.05) is 0 Å². The Kier molecular flexibility index (Phi) is 4.70. The second-order valence-electron chi connectivity index (χ2n) is 5.66. The molecule has 112 valence electrons. The molecule has 1 aliphatic rings. The lowest BCUT2D eigenvalue weighted by molar-refractivity contribution is 0.183. The van der Waals surface area contributed by atoms with Crippen molar-refractivity contribution in [2.75, 3.05) is 0 Å². The van der Waals surface area contributed by atoms with E-state index in [9.17, 15) is 8.42 Å². The molecule has 5 heteroatoms. The SMILES string of the molecule is Cc1cc(OC2CCCCCC2)cc(C)c1S(N)(=O)=O. The smallest absolute Gasteiger partial charge is 0.238 e. The highest BCUT2D eigenvalue weighted by Gasteiger charge is 2.18. The summed E-state index contributed by atoms with van der Waals surface area (Å²) in [6, 6.07) is 3.55. The van der Waals surface area contributed by atoms with Crippen molar-refractivity contribution in [2.24, 2.45) is 5.14 Å². The van der Waals surface area contributed by atoms with E-state index < -0.39 is 10.0 Å². The molecule has 0 radical (unpaired) electrons. The van der Waals surface area contributed by atoms with Crippen molar-refractivity contribution in [2.45, 2.75) is 63.4 Å². The molecular formula is C15H23NO3S. The lowest BCUT2D eigenvalue weighted by atomic mass is 10.1. The van der Waals surface area contributed by atoms with Gasteiger partial charge in [-0.1, -0.05) is 12.8 Å². The second-order valence-corrected chi connectivity index (χ2v) is 7.16. The number of primary sulfonamides is 1. The number of hydrogen-bond donors (Lipinski definition) is 1. The summed E-state index contributed by atoms with van der Waals surface area (Å²) >= 11 is 0. The van der Waals surface area contributed by atoms with E-state index in [-0.39, 0.29) is 11.0 Å². The molecule has 0 aliphatic heterocycles. The van der Waals surface area contributed by atoms with Crippen LogP contribution in [0.15, 0.2) is 17.0 Å². The van der Waals surface area contributed by atoms with E-state index in [1.165, 1.54) is 25.7 Å². The molecule has 0 aromatic heterocycles. The van der Waals surface area contributed by atoms with Crippen LogP contribution in [0.4, 0.5) is 0 Å². The lowest BCUT2D eigenvalue weighted by Gasteiger charge is -2.19. The third kappa shape index (κ3) is 3.73. The Hall–Kier alpha value is -1.07. The van der Waals surface area contributed by atoms with Gasteiger partial charge in [0.2, 0.25) is 10.0 Å². The zero-order valence-corrected chi connectivity index (χ0v) is 13.0. The summed E-state index contributed by atoms with van der Waals surface area (Å²) in [6.07, 6.45) is 7.38. The van der Waals surface area contributed by atoms with E-state index in [1.54, 1.807) is 26.0 Å². The molecular weight excluding hydrogens is 274 g/mol. The van der Waals surface area contributed by atoms with Crippen molar-refractivity contribution in [3.8, 4) is 5.75 Å². The van der Waals surface area contributed by atoms with Crippen LogP contribution in [0.3, 0.4) is 0 Å². The van der Waals surface area contributed by atoms with Gasteiger partial charge in [0.05, 0.1) is 11.0 Å². The molecule has 4 nitrogen and oxygen atoms in total. The highest BCUT2D eigenvalue weighted by Crippen LogP contribution is 2.28. The van der Waals surface area contributed by atoms with Gasteiger partial charge in [0, 0.05) is 0 Å². The number of benzene rings is 1. The molecule has 20 heavy (non-hydrogen) atoms. The van der Waals surface area contributed by atoms with Crippen LogP contribution in [-0.2, 0) is 10.0 Å². The highest BCUT2D eigenvalue weighted by molar-refractivity contribution is 7.89. The van der Waals surface area contributed by atoms with E-state index in [4.69, 9.17) is 9.88 Å². The molecule has 1 saturated carbocycles. The second kappa shape index (κ2) is 6.14. The molecule has 0 atom stereocenters. The molecule has 0 spiro atoms. The fraction of sp³-hybridized carbons (Fsp3) is 0.600. The summed E-state index contributed by atoms with van der Waals surface area (Å²) in [7, 11) is -3.68. The first-order valence-corrected chi connectivity index (χ1v) is 8.73. The first kappa shape index (κ1) is 15.3. The van der Waals surface area contributed by atoms with Gasteiger partial charge in [0.1, 0.15) is 5.75 Å². The normalized spacial score (nSPS) is 17.8. The Labute approximate surface area is 121 Å². The monoisotopic (exact) mass is 297 g/mol. The van der Waals surface area contributed by atoms with E-state index in [0.29, 0.717) is 11.1 Å². The number of aryl methyl sites for hydroxylation is 2. The Morgan fingerprint density at radius 2 is 1.55 bits per heavy atom. The van der Waals surface area contributed by atoms with Gasteiger partial charge in [0.25, 0.3) is 0 Å². The first-order chi connectivity index (χ1) is 9.38. The fourth-order valence-electron chi connectivity index (χ4n) is 2.98. The Morgan fingerprint density at radius 1 is 1.05 bits per heavy atom. The number of nitrogens with two attached hydrogens (primary N) is 1. The van der Waals surface area contributed by atoms with Crippen molar-refractivity contribution in [1.82, 2.24) is 0 Å². The van der Waals surface area contributed by atoms with Gasteiger partial charge in [-0.2, -0.15) is 0 Å². The maximum Gasteiger partial charge on any atom is 0.238 e. The number of rotatable bonds is 3. The van der Waals surface area contributed by atoms with Gasteiger partial charge in [-0.3, -0.25) is 0 Å². The maximum atomic E-state index is 11.6. The average Bonchev–Trinajstić information content (AvgIpc) is 2.54. The van der Waals surface area contributed by atoms with Crippen LogP contribution in [0.5, 0.6) is 5.75 Å². The van der Waals surface area contributed by atoms with Crippen LogP contribution < -0.4 is 9.88 Å². The highest BCUT2D eigenvalue weighted by atomic mass is 32.2. The quantitative estimate of drug-likeness (QED) is 0.872. The number of ether oxygens (including phenoxy) is 1. The van der Waals surface area contributed by atoms with E-state index in [2.05, 4.69) is 0 Å². The first-order valence-electron chi connectivity index (χ1n) is 7.18. The van der Waals surface area contributed by atoms with Crippen LogP contribution in [0.2, 0.25) is 0 Å². The van der Waals surface area contributed by atoms with Crippen LogP contribution in [0.1, 0.15) is 49.7 Å². The summed E-state index contributed by atoms with van der Waals surface area (Å²) in [5.41, 5.74) is 1.30. The molecule has 0 heterocycles. The molecule has 0 unspecified atom stereocenters. The summed E-state index contributed by atoms with van der Waals surface area (Å²) in [6.45, 7) is 3.51. The zero-order valence-electron chi connectivity index (χ0n) is 12.2. The summed E-state index contributed by atoms with van der Waals surface area (Å²) < 4.78 is 29.1. The molecule has 2 N–H and O–H groups in total. The summed E-state index contributed by atoms with van der Waals surface area (Å²) in [5, 5.41) is 5.24. The minimum atomic E-state index is -3.68. The fourth-order valence-corrected chi connectivity index (χ4v) is 3.99. The van der Waals surface area contributed by atoms with Crippen molar-refractivity contribution >= 4 is 10.0 Å². The molecule has 1 aromatic rings. The summed E-state index contributed by atoms with van der Waals surface area (Å²) in [5.74, 6) is 0.749. The Balaban J connectivity index is 2.22. The molecule has 0 bridgehead atoms. The third-order valence-electron chi connectivity index (χ3n) is 3.82. The van der Waals surface area contributed by atoms with Gasteiger partial charge >= 0.3 is 0 Å². The predicted octanol–water partition coefficient (Wildman–Crippen LogP) is 3.05. The molecule has 1 aromatic carbocycles. The van der Waals surface area contributed by atoms with Crippen molar-refractivity contribution in [3.05, 3.63) is 23.3 Å².